The van der Waals surface area contributed by atoms with Crippen molar-refractivity contribution in [2.75, 3.05) is 5.32 Å². The first-order valence-electron chi connectivity index (χ1n) is 5.43. The van der Waals surface area contributed by atoms with Crippen molar-refractivity contribution in [3.05, 3.63) is 29.8 Å². The molecule has 0 atom stereocenters. The van der Waals surface area contributed by atoms with Gasteiger partial charge in [-0.05, 0) is 25.0 Å². The SMILES string of the molecule is O=C(Nc1c(F)cccc1F)C1CCCC1. The van der Waals surface area contributed by atoms with E-state index in [9.17, 15) is 13.6 Å². The molecule has 0 aliphatic heterocycles. The van der Waals surface area contributed by atoms with Crippen molar-refractivity contribution in [3.63, 3.8) is 0 Å². The molecule has 1 aliphatic rings. The van der Waals surface area contributed by atoms with Crippen molar-refractivity contribution < 1.29 is 13.6 Å². The number of hydrogen-bond acceptors (Lipinski definition) is 1. The predicted octanol–water partition coefficient (Wildman–Crippen LogP) is 3.09. The molecule has 0 saturated heterocycles. The number of benzene rings is 1. The van der Waals surface area contributed by atoms with E-state index in [1.165, 1.54) is 6.07 Å². The topological polar surface area (TPSA) is 29.1 Å². The Labute approximate surface area is 92.7 Å². The van der Waals surface area contributed by atoms with E-state index in [1.54, 1.807) is 0 Å². The van der Waals surface area contributed by atoms with Crippen molar-refractivity contribution in [1.82, 2.24) is 0 Å². The Morgan fingerprint density at radius 1 is 1.19 bits per heavy atom. The number of hydrogen-bond donors (Lipinski definition) is 1. The zero-order valence-corrected chi connectivity index (χ0v) is 8.80. The first-order chi connectivity index (χ1) is 7.68. The summed E-state index contributed by atoms with van der Waals surface area (Å²) < 4.78 is 26.5. The Bertz CT molecular complexity index is 380. The number of para-hydroxylation sites is 1. The molecule has 2 rings (SSSR count). The normalized spacial score (nSPS) is 16.4. The Hall–Kier alpha value is -1.45. The van der Waals surface area contributed by atoms with E-state index in [0.29, 0.717) is 0 Å². The van der Waals surface area contributed by atoms with Crippen LogP contribution in [0.1, 0.15) is 25.7 Å². The largest absolute Gasteiger partial charge is 0.321 e. The third-order valence-corrected chi connectivity index (χ3v) is 2.94. The highest BCUT2D eigenvalue weighted by Gasteiger charge is 2.24. The van der Waals surface area contributed by atoms with Gasteiger partial charge >= 0.3 is 0 Å². The molecule has 1 aliphatic carbocycles. The van der Waals surface area contributed by atoms with Gasteiger partial charge in [-0.2, -0.15) is 0 Å². The van der Waals surface area contributed by atoms with Gasteiger partial charge in [0.1, 0.15) is 17.3 Å². The smallest absolute Gasteiger partial charge is 0.227 e. The number of carbonyl (C=O) groups is 1. The number of carbonyl (C=O) groups excluding carboxylic acids is 1. The van der Waals surface area contributed by atoms with E-state index in [1.807, 2.05) is 0 Å². The van der Waals surface area contributed by atoms with Gasteiger partial charge in [0.15, 0.2) is 0 Å². The maximum Gasteiger partial charge on any atom is 0.227 e. The van der Waals surface area contributed by atoms with E-state index in [4.69, 9.17) is 0 Å². The average Bonchev–Trinajstić information content (AvgIpc) is 2.76. The quantitative estimate of drug-likeness (QED) is 0.823. The Balaban J connectivity index is 2.11. The fourth-order valence-electron chi connectivity index (χ4n) is 2.03. The number of amides is 1. The number of nitrogens with one attached hydrogen (secondary N) is 1. The number of anilines is 1. The summed E-state index contributed by atoms with van der Waals surface area (Å²) in [6.45, 7) is 0. The molecule has 1 amide bonds. The van der Waals surface area contributed by atoms with Crippen molar-refractivity contribution in [3.8, 4) is 0 Å². The first kappa shape index (κ1) is 11.0. The van der Waals surface area contributed by atoms with Gasteiger partial charge in [0.05, 0.1) is 0 Å². The fraction of sp³-hybridized carbons (Fsp3) is 0.417. The zero-order chi connectivity index (χ0) is 11.5. The summed E-state index contributed by atoms with van der Waals surface area (Å²) in [5.74, 6) is -1.83. The van der Waals surface area contributed by atoms with Crippen LogP contribution in [0.4, 0.5) is 14.5 Å². The van der Waals surface area contributed by atoms with Crippen LogP contribution in [0.3, 0.4) is 0 Å². The van der Waals surface area contributed by atoms with Gasteiger partial charge in [-0.3, -0.25) is 4.79 Å². The molecule has 16 heavy (non-hydrogen) atoms. The van der Waals surface area contributed by atoms with E-state index in [2.05, 4.69) is 5.32 Å². The van der Waals surface area contributed by atoms with Crippen LogP contribution in [0, 0.1) is 17.6 Å². The standard InChI is InChI=1S/C12H13F2NO/c13-9-6-3-7-10(14)11(9)15-12(16)8-4-1-2-5-8/h3,6-8H,1-2,4-5H2,(H,15,16). The maximum atomic E-state index is 13.2. The second-order valence-corrected chi connectivity index (χ2v) is 4.07. The van der Waals surface area contributed by atoms with Gasteiger partial charge < -0.3 is 5.32 Å². The van der Waals surface area contributed by atoms with Gasteiger partial charge in [0, 0.05) is 5.92 Å². The minimum atomic E-state index is -0.730. The lowest BCUT2D eigenvalue weighted by molar-refractivity contribution is -0.119. The summed E-state index contributed by atoms with van der Waals surface area (Å²) >= 11 is 0. The Morgan fingerprint density at radius 3 is 2.31 bits per heavy atom. The van der Waals surface area contributed by atoms with Crippen LogP contribution in [0.5, 0.6) is 0 Å². The minimum Gasteiger partial charge on any atom is -0.321 e. The molecule has 0 unspecified atom stereocenters. The van der Waals surface area contributed by atoms with E-state index in [-0.39, 0.29) is 17.5 Å². The summed E-state index contributed by atoms with van der Waals surface area (Å²) in [6.07, 6.45) is 3.64. The summed E-state index contributed by atoms with van der Waals surface area (Å²) in [6, 6.07) is 3.54. The average molecular weight is 225 g/mol. The monoisotopic (exact) mass is 225 g/mol. The molecule has 1 N–H and O–H groups in total. The van der Waals surface area contributed by atoms with Gasteiger partial charge in [-0.1, -0.05) is 18.9 Å². The summed E-state index contributed by atoms with van der Waals surface area (Å²) in [5, 5.41) is 2.33. The van der Waals surface area contributed by atoms with Crippen molar-refractivity contribution in [2.45, 2.75) is 25.7 Å². The molecular formula is C12H13F2NO. The van der Waals surface area contributed by atoms with Crippen LogP contribution in [-0.4, -0.2) is 5.91 Å². The third-order valence-electron chi connectivity index (χ3n) is 2.94. The molecule has 1 aromatic rings. The van der Waals surface area contributed by atoms with Crippen molar-refractivity contribution in [1.29, 1.82) is 0 Å². The van der Waals surface area contributed by atoms with Crippen LogP contribution >= 0.6 is 0 Å². The van der Waals surface area contributed by atoms with E-state index < -0.39 is 11.6 Å². The lowest BCUT2D eigenvalue weighted by Crippen LogP contribution is -2.21. The molecule has 2 nitrogen and oxygen atoms in total. The molecule has 0 heterocycles. The highest BCUT2D eigenvalue weighted by atomic mass is 19.1. The Morgan fingerprint density at radius 2 is 1.75 bits per heavy atom. The number of rotatable bonds is 2. The molecule has 4 heteroatoms. The first-order valence-corrected chi connectivity index (χ1v) is 5.43. The van der Waals surface area contributed by atoms with Crippen molar-refractivity contribution in [2.24, 2.45) is 5.92 Å². The molecule has 1 saturated carbocycles. The lowest BCUT2D eigenvalue weighted by Gasteiger charge is -2.11. The second kappa shape index (κ2) is 4.60. The Kier molecular flexibility index (Phi) is 3.17. The maximum absolute atomic E-state index is 13.2. The van der Waals surface area contributed by atoms with Gasteiger partial charge in [0.2, 0.25) is 5.91 Å². The molecule has 86 valence electrons. The zero-order valence-electron chi connectivity index (χ0n) is 8.80. The third kappa shape index (κ3) is 2.21. The minimum absolute atomic E-state index is 0.0981. The molecule has 0 aromatic heterocycles. The number of halogens is 2. The molecule has 1 aromatic carbocycles. The van der Waals surface area contributed by atoms with Crippen LogP contribution in [0.2, 0.25) is 0 Å². The molecule has 1 fully saturated rings. The fourth-order valence-corrected chi connectivity index (χ4v) is 2.03. The summed E-state index contributed by atoms with van der Waals surface area (Å²) in [5.41, 5.74) is -0.334. The van der Waals surface area contributed by atoms with Crippen LogP contribution < -0.4 is 5.32 Å². The molecule has 0 bridgehead atoms. The molecule has 0 spiro atoms. The van der Waals surface area contributed by atoms with E-state index in [0.717, 1.165) is 37.8 Å². The lowest BCUT2D eigenvalue weighted by atomic mass is 10.1. The summed E-state index contributed by atoms with van der Waals surface area (Å²) in [4.78, 5) is 11.7. The second-order valence-electron chi connectivity index (χ2n) is 4.07. The molecule has 0 radical (unpaired) electrons. The predicted molar refractivity (Wildman–Crippen MR) is 56.9 cm³/mol. The van der Waals surface area contributed by atoms with Crippen LogP contribution in [-0.2, 0) is 4.79 Å². The van der Waals surface area contributed by atoms with E-state index >= 15 is 0 Å². The van der Waals surface area contributed by atoms with Crippen LogP contribution in [0.25, 0.3) is 0 Å². The summed E-state index contributed by atoms with van der Waals surface area (Å²) in [7, 11) is 0. The molecular weight excluding hydrogens is 212 g/mol. The van der Waals surface area contributed by atoms with Crippen molar-refractivity contribution >= 4 is 11.6 Å². The highest BCUT2D eigenvalue weighted by Crippen LogP contribution is 2.27. The highest BCUT2D eigenvalue weighted by molar-refractivity contribution is 5.92. The van der Waals surface area contributed by atoms with Crippen LogP contribution in [0.15, 0.2) is 18.2 Å². The van der Waals surface area contributed by atoms with Gasteiger partial charge in [-0.25, -0.2) is 8.78 Å². The van der Waals surface area contributed by atoms with Gasteiger partial charge in [0.25, 0.3) is 0 Å². The van der Waals surface area contributed by atoms with Gasteiger partial charge in [-0.15, -0.1) is 0 Å².